The first-order chi connectivity index (χ1) is 18.3. The second-order valence-corrected chi connectivity index (χ2v) is 10.2. The Morgan fingerprint density at radius 2 is 1.58 bits per heavy atom. The molecule has 0 bridgehead atoms. The minimum atomic E-state index is -0.627. The topological polar surface area (TPSA) is 84.9 Å². The Bertz CT molecular complexity index is 1330. The SMILES string of the molecule is CCNCC(O)COc1cc2nccc(Oc3ccc(Nc4ccc(C(C)(C)C)cc4)cc3)c2cc1OC. The molecule has 0 aliphatic heterocycles. The fourth-order valence-electron chi connectivity index (χ4n) is 4.00. The van der Waals surface area contributed by atoms with Gasteiger partial charge in [0.1, 0.15) is 24.2 Å². The van der Waals surface area contributed by atoms with Crippen LogP contribution in [-0.2, 0) is 5.41 Å². The quantitative estimate of drug-likeness (QED) is 0.212. The molecule has 1 heterocycles. The number of aromatic nitrogens is 1. The molecule has 4 aromatic rings. The molecule has 3 aromatic carbocycles. The van der Waals surface area contributed by atoms with Crippen LogP contribution in [0.3, 0.4) is 0 Å². The summed E-state index contributed by atoms with van der Waals surface area (Å²) in [6.07, 6.45) is 1.07. The molecule has 3 N–H and O–H groups in total. The smallest absolute Gasteiger partial charge is 0.163 e. The predicted octanol–water partition coefficient (Wildman–Crippen LogP) is 6.43. The number of likely N-dealkylation sites (N-methyl/N-ethyl adjacent to an activating group) is 1. The van der Waals surface area contributed by atoms with E-state index in [0.29, 0.717) is 35.1 Å². The maximum absolute atomic E-state index is 10.1. The van der Waals surface area contributed by atoms with E-state index in [2.05, 4.69) is 60.7 Å². The summed E-state index contributed by atoms with van der Waals surface area (Å²) in [5, 5.41) is 17.4. The van der Waals surface area contributed by atoms with Crippen molar-refractivity contribution in [3.63, 3.8) is 0 Å². The number of hydrogen-bond donors (Lipinski definition) is 3. The number of nitrogens with one attached hydrogen (secondary N) is 2. The van der Waals surface area contributed by atoms with Crippen LogP contribution in [0.2, 0.25) is 0 Å². The van der Waals surface area contributed by atoms with Gasteiger partial charge in [-0.3, -0.25) is 4.98 Å². The minimum absolute atomic E-state index is 0.127. The standard InChI is InChI=1S/C31H37N3O4/c1-6-32-19-24(35)20-37-30-18-27-26(17-29(30)36-5)28(15-16-33-27)38-25-13-11-23(12-14-25)34-22-9-7-21(8-10-22)31(2,3)4/h7-18,24,32,34-35H,6,19-20H2,1-5H3. The highest BCUT2D eigenvalue weighted by Gasteiger charge is 2.15. The molecule has 0 aliphatic carbocycles. The number of nitrogens with zero attached hydrogens (tertiary/aromatic N) is 1. The number of fused-ring (bicyclic) bond motifs is 1. The minimum Gasteiger partial charge on any atom is -0.493 e. The van der Waals surface area contributed by atoms with Crippen molar-refractivity contribution in [3.8, 4) is 23.0 Å². The Hall–Kier alpha value is -3.81. The summed E-state index contributed by atoms with van der Waals surface area (Å²) in [5.41, 5.74) is 4.14. The Labute approximate surface area is 224 Å². The number of rotatable bonds is 11. The Kier molecular flexibility index (Phi) is 8.71. The summed E-state index contributed by atoms with van der Waals surface area (Å²) in [4.78, 5) is 4.48. The van der Waals surface area contributed by atoms with E-state index in [1.54, 1.807) is 19.4 Å². The van der Waals surface area contributed by atoms with E-state index >= 15 is 0 Å². The molecule has 0 fully saturated rings. The molecule has 0 amide bonds. The summed E-state index contributed by atoms with van der Waals surface area (Å²) in [6, 6.07) is 21.8. The molecule has 1 aromatic heterocycles. The molecule has 38 heavy (non-hydrogen) atoms. The second-order valence-electron chi connectivity index (χ2n) is 10.2. The van der Waals surface area contributed by atoms with Gasteiger partial charge in [0, 0.05) is 35.6 Å². The van der Waals surface area contributed by atoms with Crippen molar-refractivity contribution in [2.24, 2.45) is 0 Å². The third-order valence-electron chi connectivity index (χ3n) is 6.17. The average Bonchev–Trinajstić information content (AvgIpc) is 2.91. The van der Waals surface area contributed by atoms with Gasteiger partial charge in [0.05, 0.1) is 12.6 Å². The van der Waals surface area contributed by atoms with Crippen molar-refractivity contribution in [1.82, 2.24) is 10.3 Å². The first kappa shape index (κ1) is 27.2. The maximum Gasteiger partial charge on any atom is 0.163 e. The fourth-order valence-corrected chi connectivity index (χ4v) is 4.00. The molecular formula is C31H37N3O4. The van der Waals surface area contributed by atoms with E-state index in [1.807, 2.05) is 43.3 Å². The van der Waals surface area contributed by atoms with E-state index in [1.165, 1.54) is 5.56 Å². The number of hydrogen-bond acceptors (Lipinski definition) is 7. The number of ether oxygens (including phenoxy) is 3. The largest absolute Gasteiger partial charge is 0.493 e. The van der Waals surface area contributed by atoms with Crippen molar-refractivity contribution in [3.05, 3.63) is 78.5 Å². The lowest BCUT2D eigenvalue weighted by Gasteiger charge is -2.19. The van der Waals surface area contributed by atoms with Gasteiger partial charge in [0.2, 0.25) is 0 Å². The first-order valence-corrected chi connectivity index (χ1v) is 12.9. The van der Waals surface area contributed by atoms with Crippen LogP contribution in [0.1, 0.15) is 33.3 Å². The maximum atomic E-state index is 10.1. The van der Waals surface area contributed by atoms with Crippen LogP contribution in [-0.4, -0.2) is 43.0 Å². The van der Waals surface area contributed by atoms with Gasteiger partial charge in [-0.05, 0) is 66.1 Å². The van der Waals surface area contributed by atoms with Crippen molar-refractivity contribution < 1.29 is 19.3 Å². The van der Waals surface area contributed by atoms with E-state index in [0.717, 1.165) is 23.3 Å². The number of pyridine rings is 1. The number of benzene rings is 3. The summed E-state index contributed by atoms with van der Waals surface area (Å²) in [6.45, 7) is 10.0. The van der Waals surface area contributed by atoms with Gasteiger partial charge in [-0.25, -0.2) is 0 Å². The molecule has 200 valence electrons. The van der Waals surface area contributed by atoms with Crippen LogP contribution in [0, 0.1) is 0 Å². The van der Waals surface area contributed by atoms with Gasteiger partial charge < -0.3 is 30.0 Å². The Balaban J connectivity index is 1.47. The molecular weight excluding hydrogens is 478 g/mol. The van der Waals surface area contributed by atoms with Gasteiger partial charge >= 0.3 is 0 Å². The molecule has 0 spiro atoms. The van der Waals surface area contributed by atoms with E-state index in [9.17, 15) is 5.11 Å². The van der Waals surface area contributed by atoms with Crippen LogP contribution in [0.5, 0.6) is 23.0 Å². The molecule has 0 radical (unpaired) electrons. The molecule has 1 unspecified atom stereocenters. The van der Waals surface area contributed by atoms with Gasteiger partial charge in [-0.1, -0.05) is 39.8 Å². The number of anilines is 2. The zero-order chi connectivity index (χ0) is 27.1. The fraction of sp³-hybridized carbons (Fsp3) is 0.323. The van der Waals surface area contributed by atoms with Crippen molar-refractivity contribution >= 4 is 22.3 Å². The second kappa shape index (κ2) is 12.2. The van der Waals surface area contributed by atoms with Crippen molar-refractivity contribution in [2.45, 2.75) is 39.2 Å². The first-order valence-electron chi connectivity index (χ1n) is 12.9. The average molecular weight is 516 g/mol. The van der Waals surface area contributed by atoms with Crippen LogP contribution in [0.15, 0.2) is 72.9 Å². The highest BCUT2D eigenvalue weighted by molar-refractivity contribution is 5.88. The van der Waals surface area contributed by atoms with Crippen LogP contribution < -0.4 is 24.8 Å². The molecule has 1 atom stereocenters. The Morgan fingerprint density at radius 1 is 0.895 bits per heavy atom. The van der Waals surface area contributed by atoms with Gasteiger partial charge in [-0.2, -0.15) is 0 Å². The van der Waals surface area contributed by atoms with Gasteiger partial charge in [0.15, 0.2) is 11.5 Å². The third kappa shape index (κ3) is 6.94. The molecule has 0 saturated carbocycles. The molecule has 0 saturated heterocycles. The van der Waals surface area contributed by atoms with E-state index in [-0.39, 0.29) is 12.0 Å². The lowest BCUT2D eigenvalue weighted by atomic mass is 9.87. The number of aliphatic hydroxyl groups is 1. The van der Waals surface area contributed by atoms with Crippen LogP contribution in [0.25, 0.3) is 10.9 Å². The summed E-state index contributed by atoms with van der Waals surface area (Å²) in [5.74, 6) is 2.43. The highest BCUT2D eigenvalue weighted by atomic mass is 16.5. The lowest BCUT2D eigenvalue weighted by molar-refractivity contribution is 0.105. The zero-order valence-corrected chi connectivity index (χ0v) is 22.7. The number of methoxy groups -OCH3 is 1. The summed E-state index contributed by atoms with van der Waals surface area (Å²) >= 11 is 0. The van der Waals surface area contributed by atoms with Gasteiger partial charge in [0.25, 0.3) is 0 Å². The predicted molar refractivity (Wildman–Crippen MR) is 153 cm³/mol. The summed E-state index contributed by atoms with van der Waals surface area (Å²) < 4.78 is 17.6. The zero-order valence-electron chi connectivity index (χ0n) is 22.7. The molecule has 0 aliphatic rings. The monoisotopic (exact) mass is 515 g/mol. The van der Waals surface area contributed by atoms with E-state index in [4.69, 9.17) is 14.2 Å². The van der Waals surface area contributed by atoms with Crippen molar-refractivity contribution in [2.75, 3.05) is 32.1 Å². The van der Waals surface area contributed by atoms with Crippen molar-refractivity contribution in [1.29, 1.82) is 0 Å². The molecule has 7 heteroatoms. The normalized spacial score (nSPS) is 12.3. The summed E-state index contributed by atoms with van der Waals surface area (Å²) in [7, 11) is 1.59. The lowest BCUT2D eigenvalue weighted by Crippen LogP contribution is -2.31. The van der Waals surface area contributed by atoms with Gasteiger partial charge in [-0.15, -0.1) is 0 Å². The molecule has 7 nitrogen and oxygen atoms in total. The Morgan fingerprint density at radius 3 is 2.21 bits per heavy atom. The molecule has 4 rings (SSSR count). The number of aliphatic hydroxyl groups excluding tert-OH is 1. The third-order valence-corrected chi connectivity index (χ3v) is 6.17. The van der Waals surface area contributed by atoms with Crippen LogP contribution in [0.4, 0.5) is 11.4 Å². The van der Waals surface area contributed by atoms with E-state index < -0.39 is 6.10 Å². The highest BCUT2D eigenvalue weighted by Crippen LogP contribution is 2.37. The van der Waals surface area contributed by atoms with Crippen LogP contribution >= 0.6 is 0 Å².